The molecule has 0 aliphatic heterocycles. The lowest BCUT2D eigenvalue weighted by Crippen LogP contribution is -2.17. The Morgan fingerprint density at radius 2 is 2.17 bits per heavy atom. The number of primary amides is 1. The molecule has 64 valence electrons. The highest BCUT2D eigenvalue weighted by Crippen LogP contribution is 2.37. The third kappa shape index (κ3) is 1.07. The summed E-state index contributed by atoms with van der Waals surface area (Å²) in [5, 5.41) is 0. The van der Waals surface area contributed by atoms with E-state index in [-0.39, 0.29) is 5.91 Å². The van der Waals surface area contributed by atoms with E-state index in [9.17, 15) is 4.79 Å². The molecule has 0 saturated carbocycles. The summed E-state index contributed by atoms with van der Waals surface area (Å²) in [6.45, 7) is 0. The Morgan fingerprint density at radius 1 is 1.33 bits per heavy atom. The Balaban J connectivity index is 2.34. The van der Waals surface area contributed by atoms with Crippen LogP contribution >= 0.6 is 0 Å². The molecule has 0 aromatic rings. The fourth-order valence-electron chi connectivity index (χ4n) is 2.17. The maximum atomic E-state index is 11.0. The van der Waals surface area contributed by atoms with Crippen LogP contribution in [-0.2, 0) is 4.79 Å². The van der Waals surface area contributed by atoms with E-state index in [0.717, 1.165) is 24.8 Å². The summed E-state index contributed by atoms with van der Waals surface area (Å²) in [6, 6.07) is 0. The first-order chi connectivity index (χ1) is 5.79. The molecule has 0 unspecified atom stereocenters. The third-order valence-corrected chi connectivity index (χ3v) is 2.72. The van der Waals surface area contributed by atoms with Crippen molar-refractivity contribution in [1.29, 1.82) is 0 Å². The van der Waals surface area contributed by atoms with Crippen LogP contribution < -0.4 is 5.73 Å². The number of hydrogen-bond acceptors (Lipinski definition) is 1. The molecule has 2 rings (SSSR count). The van der Waals surface area contributed by atoms with Crippen molar-refractivity contribution in [2.45, 2.75) is 32.1 Å². The quantitative estimate of drug-likeness (QED) is 0.627. The topological polar surface area (TPSA) is 43.1 Å². The molecular formula is C10H13NO. The van der Waals surface area contributed by atoms with Crippen LogP contribution in [0.3, 0.4) is 0 Å². The number of allylic oxidation sites excluding steroid dienone is 2. The summed E-state index contributed by atoms with van der Waals surface area (Å²) in [6.07, 6.45) is 7.58. The van der Waals surface area contributed by atoms with Crippen LogP contribution in [0.1, 0.15) is 32.1 Å². The SMILES string of the molecule is NC(=O)C1=CCCC2=C1CCC2. The molecule has 1 amide bonds. The standard InChI is InChI=1S/C10H13NO/c11-10(12)9-6-2-4-7-3-1-5-8(7)9/h6H,1-5H2,(H2,11,12). The van der Waals surface area contributed by atoms with E-state index in [1.165, 1.54) is 24.0 Å². The van der Waals surface area contributed by atoms with Gasteiger partial charge < -0.3 is 5.73 Å². The number of amides is 1. The van der Waals surface area contributed by atoms with E-state index in [1.54, 1.807) is 0 Å². The Bertz CT molecular complexity index is 286. The molecule has 2 N–H and O–H groups in total. The molecule has 0 heterocycles. The van der Waals surface area contributed by atoms with E-state index in [2.05, 4.69) is 0 Å². The Kier molecular flexibility index (Phi) is 1.75. The number of carbonyl (C=O) groups excluding carboxylic acids is 1. The van der Waals surface area contributed by atoms with E-state index in [1.807, 2.05) is 6.08 Å². The molecule has 2 aliphatic carbocycles. The van der Waals surface area contributed by atoms with Gasteiger partial charge in [0.1, 0.15) is 0 Å². The van der Waals surface area contributed by atoms with Crippen molar-refractivity contribution >= 4 is 5.91 Å². The number of hydrogen-bond donors (Lipinski definition) is 1. The molecule has 2 heteroatoms. The highest BCUT2D eigenvalue weighted by atomic mass is 16.1. The summed E-state index contributed by atoms with van der Waals surface area (Å²) in [5.74, 6) is -0.246. The van der Waals surface area contributed by atoms with Crippen LogP contribution in [0.2, 0.25) is 0 Å². The van der Waals surface area contributed by atoms with Crippen LogP contribution in [-0.4, -0.2) is 5.91 Å². The van der Waals surface area contributed by atoms with Crippen molar-refractivity contribution in [3.05, 3.63) is 22.8 Å². The molecular weight excluding hydrogens is 150 g/mol. The molecule has 0 fully saturated rings. The van der Waals surface area contributed by atoms with Crippen molar-refractivity contribution in [3.63, 3.8) is 0 Å². The minimum absolute atomic E-state index is 0.246. The van der Waals surface area contributed by atoms with Crippen molar-refractivity contribution in [2.24, 2.45) is 5.73 Å². The third-order valence-electron chi connectivity index (χ3n) is 2.72. The normalized spacial score (nSPS) is 22.2. The average molecular weight is 163 g/mol. The van der Waals surface area contributed by atoms with E-state index >= 15 is 0 Å². The van der Waals surface area contributed by atoms with Crippen LogP contribution in [0.4, 0.5) is 0 Å². The first kappa shape index (κ1) is 7.59. The second-order valence-corrected chi connectivity index (χ2v) is 3.46. The van der Waals surface area contributed by atoms with E-state index in [4.69, 9.17) is 5.73 Å². The van der Waals surface area contributed by atoms with Gasteiger partial charge in [-0.1, -0.05) is 11.6 Å². The fourth-order valence-corrected chi connectivity index (χ4v) is 2.17. The van der Waals surface area contributed by atoms with Gasteiger partial charge >= 0.3 is 0 Å². The molecule has 0 spiro atoms. The van der Waals surface area contributed by atoms with Gasteiger partial charge in [0, 0.05) is 5.57 Å². The number of carbonyl (C=O) groups is 1. The predicted octanol–water partition coefficient (Wildman–Crippen LogP) is 1.67. The second-order valence-electron chi connectivity index (χ2n) is 3.46. The van der Waals surface area contributed by atoms with Crippen molar-refractivity contribution in [2.75, 3.05) is 0 Å². The molecule has 2 nitrogen and oxygen atoms in total. The van der Waals surface area contributed by atoms with Crippen LogP contribution in [0.25, 0.3) is 0 Å². The smallest absolute Gasteiger partial charge is 0.248 e. The van der Waals surface area contributed by atoms with E-state index in [0.29, 0.717) is 0 Å². The lowest BCUT2D eigenvalue weighted by Gasteiger charge is -2.13. The summed E-state index contributed by atoms with van der Waals surface area (Å²) in [5.41, 5.74) is 8.82. The van der Waals surface area contributed by atoms with Crippen LogP contribution in [0, 0.1) is 0 Å². The van der Waals surface area contributed by atoms with Crippen molar-refractivity contribution in [1.82, 2.24) is 0 Å². The zero-order valence-electron chi connectivity index (χ0n) is 7.10. The Morgan fingerprint density at radius 3 is 2.92 bits per heavy atom. The van der Waals surface area contributed by atoms with Gasteiger partial charge in [-0.3, -0.25) is 4.79 Å². The van der Waals surface area contributed by atoms with Crippen LogP contribution in [0.5, 0.6) is 0 Å². The van der Waals surface area contributed by atoms with Gasteiger partial charge in [0.2, 0.25) is 5.91 Å². The number of nitrogens with two attached hydrogens (primary N) is 1. The maximum absolute atomic E-state index is 11.0. The summed E-state index contributed by atoms with van der Waals surface area (Å²) < 4.78 is 0. The summed E-state index contributed by atoms with van der Waals surface area (Å²) in [7, 11) is 0. The summed E-state index contributed by atoms with van der Waals surface area (Å²) in [4.78, 5) is 11.0. The molecule has 0 aromatic heterocycles. The second kappa shape index (κ2) is 2.77. The van der Waals surface area contributed by atoms with Gasteiger partial charge in [0.25, 0.3) is 0 Å². The monoisotopic (exact) mass is 163 g/mol. The first-order valence-electron chi connectivity index (χ1n) is 4.50. The van der Waals surface area contributed by atoms with Crippen molar-refractivity contribution < 1.29 is 4.79 Å². The van der Waals surface area contributed by atoms with Gasteiger partial charge in [-0.25, -0.2) is 0 Å². The molecule has 0 saturated heterocycles. The lowest BCUT2D eigenvalue weighted by atomic mass is 9.93. The maximum Gasteiger partial charge on any atom is 0.248 e. The minimum Gasteiger partial charge on any atom is -0.366 e. The van der Waals surface area contributed by atoms with Crippen molar-refractivity contribution in [3.8, 4) is 0 Å². The molecule has 0 bridgehead atoms. The molecule has 0 atom stereocenters. The fraction of sp³-hybridized carbons (Fsp3) is 0.500. The Labute approximate surface area is 72.1 Å². The average Bonchev–Trinajstić information content (AvgIpc) is 2.49. The minimum atomic E-state index is -0.246. The highest BCUT2D eigenvalue weighted by molar-refractivity contribution is 5.97. The Hall–Kier alpha value is -1.05. The zero-order valence-corrected chi connectivity index (χ0v) is 7.10. The first-order valence-corrected chi connectivity index (χ1v) is 4.50. The zero-order chi connectivity index (χ0) is 8.55. The molecule has 12 heavy (non-hydrogen) atoms. The highest BCUT2D eigenvalue weighted by Gasteiger charge is 2.22. The number of rotatable bonds is 1. The molecule has 2 aliphatic rings. The largest absolute Gasteiger partial charge is 0.366 e. The van der Waals surface area contributed by atoms with Gasteiger partial charge in [-0.05, 0) is 37.7 Å². The van der Waals surface area contributed by atoms with Gasteiger partial charge in [-0.2, -0.15) is 0 Å². The van der Waals surface area contributed by atoms with Crippen LogP contribution in [0.15, 0.2) is 22.8 Å². The van der Waals surface area contributed by atoms with Gasteiger partial charge in [0.15, 0.2) is 0 Å². The molecule has 0 aromatic carbocycles. The van der Waals surface area contributed by atoms with E-state index < -0.39 is 0 Å². The van der Waals surface area contributed by atoms with Gasteiger partial charge in [0.05, 0.1) is 0 Å². The lowest BCUT2D eigenvalue weighted by molar-refractivity contribution is -0.114. The van der Waals surface area contributed by atoms with Gasteiger partial charge in [-0.15, -0.1) is 0 Å². The summed E-state index contributed by atoms with van der Waals surface area (Å²) >= 11 is 0. The molecule has 0 radical (unpaired) electrons. The predicted molar refractivity (Wildman–Crippen MR) is 47.4 cm³/mol.